The number of carbonyl (C=O) groups excluding carboxylic acids is 1. The molecule has 0 spiro atoms. The number of nitrogens with one attached hydrogen (secondary N) is 2. The lowest BCUT2D eigenvalue weighted by molar-refractivity contribution is -0.121. The van der Waals surface area contributed by atoms with Gasteiger partial charge in [0, 0.05) is 19.3 Å². The average molecular weight is 238 g/mol. The molecule has 1 fully saturated rings. The molecule has 0 aromatic carbocycles. The first-order chi connectivity index (χ1) is 8.34. The minimum atomic E-state index is 0.0310. The molecule has 0 atom stereocenters. The van der Waals surface area contributed by atoms with Crippen molar-refractivity contribution < 1.29 is 13.9 Å². The van der Waals surface area contributed by atoms with E-state index < -0.39 is 0 Å². The van der Waals surface area contributed by atoms with Gasteiger partial charge in [-0.3, -0.25) is 4.79 Å². The molecular formula is C12H18N2O3. The Hall–Kier alpha value is -1.33. The highest BCUT2D eigenvalue weighted by molar-refractivity contribution is 5.78. The highest BCUT2D eigenvalue weighted by atomic mass is 16.5. The standard InChI is InChI=1S/C12H18N2O3/c15-12(14-10-3-6-16-7-4-10)9-13-8-11-2-1-5-17-11/h1-2,5,10,13H,3-4,6-9H2,(H,14,15). The summed E-state index contributed by atoms with van der Waals surface area (Å²) in [4.78, 5) is 11.6. The molecule has 0 radical (unpaired) electrons. The van der Waals surface area contributed by atoms with E-state index in [4.69, 9.17) is 9.15 Å². The van der Waals surface area contributed by atoms with Crippen molar-refractivity contribution in [2.75, 3.05) is 19.8 Å². The fourth-order valence-corrected chi connectivity index (χ4v) is 1.83. The van der Waals surface area contributed by atoms with E-state index in [9.17, 15) is 4.79 Å². The first-order valence-corrected chi connectivity index (χ1v) is 5.95. The minimum absolute atomic E-state index is 0.0310. The molecule has 1 aromatic heterocycles. The molecule has 1 aromatic rings. The van der Waals surface area contributed by atoms with Crippen LogP contribution in [0.15, 0.2) is 22.8 Å². The van der Waals surface area contributed by atoms with Gasteiger partial charge >= 0.3 is 0 Å². The van der Waals surface area contributed by atoms with Gasteiger partial charge in [0.15, 0.2) is 0 Å². The molecule has 94 valence electrons. The lowest BCUT2D eigenvalue weighted by Gasteiger charge is -2.23. The summed E-state index contributed by atoms with van der Waals surface area (Å²) in [6, 6.07) is 3.98. The number of carbonyl (C=O) groups is 1. The lowest BCUT2D eigenvalue weighted by atomic mass is 10.1. The molecule has 1 aliphatic rings. The maximum atomic E-state index is 11.6. The molecule has 2 heterocycles. The molecule has 1 saturated heterocycles. The van der Waals surface area contributed by atoms with Crippen molar-refractivity contribution in [3.05, 3.63) is 24.2 Å². The molecule has 2 N–H and O–H groups in total. The van der Waals surface area contributed by atoms with Crippen LogP contribution in [0, 0.1) is 0 Å². The molecule has 0 aliphatic carbocycles. The predicted octanol–water partition coefficient (Wildman–Crippen LogP) is 0.664. The van der Waals surface area contributed by atoms with Gasteiger partial charge in [0.2, 0.25) is 5.91 Å². The first kappa shape index (κ1) is 12.1. The Kier molecular flexibility index (Phi) is 4.58. The molecule has 5 nitrogen and oxygen atoms in total. The second kappa shape index (κ2) is 6.42. The van der Waals surface area contributed by atoms with Crippen molar-refractivity contribution in [3.8, 4) is 0 Å². The Morgan fingerprint density at radius 3 is 2.94 bits per heavy atom. The monoisotopic (exact) mass is 238 g/mol. The van der Waals surface area contributed by atoms with Crippen molar-refractivity contribution in [1.82, 2.24) is 10.6 Å². The summed E-state index contributed by atoms with van der Waals surface area (Å²) in [6.45, 7) is 2.38. The van der Waals surface area contributed by atoms with Crippen LogP contribution in [0.5, 0.6) is 0 Å². The van der Waals surface area contributed by atoms with Gasteiger partial charge in [-0.2, -0.15) is 0 Å². The van der Waals surface area contributed by atoms with Crippen LogP contribution in [0.1, 0.15) is 18.6 Å². The van der Waals surface area contributed by atoms with E-state index >= 15 is 0 Å². The maximum absolute atomic E-state index is 11.6. The van der Waals surface area contributed by atoms with Gasteiger partial charge < -0.3 is 19.8 Å². The van der Waals surface area contributed by atoms with Crippen LogP contribution < -0.4 is 10.6 Å². The summed E-state index contributed by atoms with van der Waals surface area (Å²) in [5.74, 6) is 0.868. The molecular weight excluding hydrogens is 220 g/mol. The molecule has 17 heavy (non-hydrogen) atoms. The molecule has 2 rings (SSSR count). The normalized spacial score (nSPS) is 16.9. The lowest BCUT2D eigenvalue weighted by Crippen LogP contribution is -2.42. The number of ether oxygens (including phenoxy) is 1. The van der Waals surface area contributed by atoms with Crippen LogP contribution in [0.3, 0.4) is 0 Å². The van der Waals surface area contributed by atoms with E-state index in [1.54, 1.807) is 6.26 Å². The Labute approximate surface area is 101 Å². The predicted molar refractivity (Wildman–Crippen MR) is 62.4 cm³/mol. The SMILES string of the molecule is O=C(CNCc1ccco1)NC1CCOCC1. The molecule has 1 amide bonds. The van der Waals surface area contributed by atoms with E-state index in [0.717, 1.165) is 31.8 Å². The fraction of sp³-hybridized carbons (Fsp3) is 0.583. The number of hydrogen-bond acceptors (Lipinski definition) is 4. The molecule has 0 unspecified atom stereocenters. The smallest absolute Gasteiger partial charge is 0.234 e. The quantitative estimate of drug-likeness (QED) is 0.791. The first-order valence-electron chi connectivity index (χ1n) is 5.95. The van der Waals surface area contributed by atoms with Gasteiger partial charge in [-0.15, -0.1) is 0 Å². The van der Waals surface area contributed by atoms with E-state index in [2.05, 4.69) is 10.6 Å². The number of rotatable bonds is 5. The third-order valence-electron chi connectivity index (χ3n) is 2.75. The van der Waals surface area contributed by atoms with Gasteiger partial charge in [0.05, 0.1) is 19.4 Å². The Morgan fingerprint density at radius 1 is 1.41 bits per heavy atom. The molecule has 0 bridgehead atoms. The Balaban J connectivity index is 1.60. The van der Waals surface area contributed by atoms with Crippen molar-refractivity contribution in [3.63, 3.8) is 0 Å². The largest absolute Gasteiger partial charge is 0.468 e. The molecule has 5 heteroatoms. The third kappa shape index (κ3) is 4.20. The van der Waals surface area contributed by atoms with Crippen LogP contribution >= 0.6 is 0 Å². The zero-order chi connectivity index (χ0) is 11.9. The zero-order valence-electron chi connectivity index (χ0n) is 9.78. The van der Waals surface area contributed by atoms with Gasteiger partial charge in [-0.25, -0.2) is 0 Å². The summed E-state index contributed by atoms with van der Waals surface area (Å²) in [5, 5.41) is 6.03. The van der Waals surface area contributed by atoms with Crippen LogP contribution in [-0.4, -0.2) is 31.7 Å². The van der Waals surface area contributed by atoms with E-state index in [0.29, 0.717) is 13.1 Å². The highest BCUT2D eigenvalue weighted by Gasteiger charge is 2.15. The van der Waals surface area contributed by atoms with Crippen LogP contribution in [-0.2, 0) is 16.1 Å². The Morgan fingerprint density at radius 2 is 2.24 bits per heavy atom. The van der Waals surface area contributed by atoms with Crippen LogP contribution in [0.25, 0.3) is 0 Å². The van der Waals surface area contributed by atoms with Crippen molar-refractivity contribution in [1.29, 1.82) is 0 Å². The van der Waals surface area contributed by atoms with Gasteiger partial charge in [-0.1, -0.05) is 0 Å². The Bertz CT molecular complexity index is 332. The minimum Gasteiger partial charge on any atom is -0.468 e. The van der Waals surface area contributed by atoms with E-state index in [1.807, 2.05) is 12.1 Å². The second-order valence-corrected chi connectivity index (χ2v) is 4.14. The number of hydrogen-bond donors (Lipinski definition) is 2. The van der Waals surface area contributed by atoms with Crippen LogP contribution in [0.2, 0.25) is 0 Å². The number of amides is 1. The summed E-state index contributed by atoms with van der Waals surface area (Å²) in [6.07, 6.45) is 3.44. The zero-order valence-corrected chi connectivity index (χ0v) is 9.78. The van der Waals surface area contributed by atoms with Gasteiger partial charge in [-0.05, 0) is 25.0 Å². The topological polar surface area (TPSA) is 63.5 Å². The van der Waals surface area contributed by atoms with E-state index in [-0.39, 0.29) is 11.9 Å². The third-order valence-corrected chi connectivity index (χ3v) is 2.75. The highest BCUT2D eigenvalue weighted by Crippen LogP contribution is 2.05. The van der Waals surface area contributed by atoms with Crippen molar-refractivity contribution in [2.45, 2.75) is 25.4 Å². The average Bonchev–Trinajstić information content (AvgIpc) is 2.83. The summed E-state index contributed by atoms with van der Waals surface area (Å²) < 4.78 is 10.4. The van der Waals surface area contributed by atoms with Crippen molar-refractivity contribution in [2.24, 2.45) is 0 Å². The van der Waals surface area contributed by atoms with E-state index in [1.165, 1.54) is 0 Å². The molecule has 1 aliphatic heterocycles. The summed E-state index contributed by atoms with van der Waals surface area (Å²) >= 11 is 0. The maximum Gasteiger partial charge on any atom is 0.234 e. The summed E-state index contributed by atoms with van der Waals surface area (Å²) in [5.41, 5.74) is 0. The summed E-state index contributed by atoms with van der Waals surface area (Å²) in [7, 11) is 0. The fourth-order valence-electron chi connectivity index (χ4n) is 1.83. The van der Waals surface area contributed by atoms with Crippen molar-refractivity contribution >= 4 is 5.91 Å². The van der Waals surface area contributed by atoms with Gasteiger partial charge in [0.25, 0.3) is 0 Å². The second-order valence-electron chi connectivity index (χ2n) is 4.14. The number of furan rings is 1. The van der Waals surface area contributed by atoms with Gasteiger partial charge in [0.1, 0.15) is 5.76 Å². The van der Waals surface area contributed by atoms with Crippen LogP contribution in [0.4, 0.5) is 0 Å². The molecule has 0 saturated carbocycles.